The highest BCUT2D eigenvalue weighted by Gasteiger charge is 2.18. The van der Waals surface area contributed by atoms with Crippen LogP contribution in [0.15, 0.2) is 0 Å². The van der Waals surface area contributed by atoms with Crippen LogP contribution in [0.25, 0.3) is 0 Å². The number of piperidine rings is 1. The zero-order valence-electron chi connectivity index (χ0n) is 9.59. The third-order valence-corrected chi connectivity index (χ3v) is 2.76. The van der Waals surface area contributed by atoms with Crippen LogP contribution in [0.2, 0.25) is 0 Å². The molecule has 1 aliphatic heterocycles. The van der Waals surface area contributed by atoms with Gasteiger partial charge in [0.05, 0.1) is 6.73 Å². The van der Waals surface area contributed by atoms with E-state index in [4.69, 9.17) is 4.74 Å². The van der Waals surface area contributed by atoms with E-state index in [0.29, 0.717) is 0 Å². The van der Waals surface area contributed by atoms with E-state index in [1.807, 2.05) is 0 Å². The average Bonchev–Trinajstić information content (AvgIpc) is 2.24. The molecule has 1 heterocycles. The van der Waals surface area contributed by atoms with Gasteiger partial charge in [0.15, 0.2) is 0 Å². The molecule has 0 amide bonds. The maximum Gasteiger partial charge on any atom is 0.0990 e. The highest BCUT2D eigenvalue weighted by atomic mass is 16.5. The summed E-state index contributed by atoms with van der Waals surface area (Å²) in [5.41, 5.74) is 0. The van der Waals surface area contributed by atoms with Gasteiger partial charge in [0.25, 0.3) is 0 Å². The van der Waals surface area contributed by atoms with Crippen molar-refractivity contribution in [1.29, 1.82) is 0 Å². The number of hydrogen-bond acceptors (Lipinski definition) is 3. The molecule has 1 rings (SSSR count). The molecule has 1 aliphatic rings. The molecule has 3 nitrogen and oxygen atoms in total. The smallest absolute Gasteiger partial charge is 0.0990 e. The van der Waals surface area contributed by atoms with Crippen molar-refractivity contribution in [3.8, 4) is 0 Å². The van der Waals surface area contributed by atoms with Crippen LogP contribution in [-0.4, -0.2) is 44.4 Å². The fourth-order valence-corrected chi connectivity index (χ4v) is 2.00. The first-order chi connectivity index (χ1) is 6.86. The molecule has 14 heavy (non-hydrogen) atoms. The van der Waals surface area contributed by atoms with Crippen LogP contribution in [-0.2, 0) is 4.74 Å². The van der Waals surface area contributed by atoms with E-state index in [1.165, 1.54) is 32.5 Å². The highest BCUT2D eigenvalue weighted by Crippen LogP contribution is 2.15. The summed E-state index contributed by atoms with van der Waals surface area (Å²) < 4.78 is 5.43. The largest absolute Gasteiger partial charge is 0.366 e. The Kier molecular flexibility index (Phi) is 6.15. The van der Waals surface area contributed by atoms with Crippen molar-refractivity contribution in [3.63, 3.8) is 0 Å². The molecular weight excluding hydrogens is 176 g/mol. The van der Waals surface area contributed by atoms with Crippen molar-refractivity contribution < 1.29 is 4.74 Å². The van der Waals surface area contributed by atoms with E-state index in [-0.39, 0.29) is 0 Å². The minimum absolute atomic E-state index is 0.819. The molecule has 0 saturated carbocycles. The van der Waals surface area contributed by atoms with E-state index in [2.05, 4.69) is 24.1 Å². The molecule has 0 aromatic rings. The van der Waals surface area contributed by atoms with E-state index >= 15 is 0 Å². The predicted octanol–water partition coefficient (Wildman–Crippen LogP) is 1.30. The van der Waals surface area contributed by atoms with Crippen molar-refractivity contribution >= 4 is 0 Å². The van der Waals surface area contributed by atoms with Gasteiger partial charge in [-0.15, -0.1) is 0 Å². The van der Waals surface area contributed by atoms with Crippen LogP contribution < -0.4 is 5.32 Å². The van der Waals surface area contributed by atoms with E-state index in [9.17, 15) is 0 Å². The van der Waals surface area contributed by atoms with Gasteiger partial charge in [-0.25, -0.2) is 0 Å². The van der Waals surface area contributed by atoms with Gasteiger partial charge in [-0.3, -0.25) is 4.90 Å². The van der Waals surface area contributed by atoms with Gasteiger partial charge in [-0.2, -0.15) is 0 Å². The summed E-state index contributed by atoms with van der Waals surface area (Å²) in [4.78, 5) is 2.43. The summed E-state index contributed by atoms with van der Waals surface area (Å²) in [5.74, 6) is 0.823. The lowest BCUT2D eigenvalue weighted by atomic mass is 9.98. The van der Waals surface area contributed by atoms with Gasteiger partial charge in [-0.05, 0) is 38.8 Å². The minimum atomic E-state index is 0.819. The number of rotatable bonds is 6. The SMILES string of the molecule is CCNCC1CCCN(COCC)C1. The minimum Gasteiger partial charge on any atom is -0.366 e. The fourth-order valence-electron chi connectivity index (χ4n) is 2.00. The number of ether oxygens (including phenoxy) is 1. The number of likely N-dealkylation sites (tertiary alicyclic amines) is 1. The van der Waals surface area contributed by atoms with Crippen LogP contribution >= 0.6 is 0 Å². The molecule has 0 aliphatic carbocycles. The summed E-state index contributed by atoms with van der Waals surface area (Å²) >= 11 is 0. The third kappa shape index (κ3) is 4.40. The fraction of sp³-hybridized carbons (Fsp3) is 1.00. The van der Waals surface area contributed by atoms with E-state index < -0.39 is 0 Å². The summed E-state index contributed by atoms with van der Waals surface area (Å²) in [6, 6.07) is 0. The van der Waals surface area contributed by atoms with Crippen molar-refractivity contribution in [1.82, 2.24) is 10.2 Å². The number of hydrogen-bond donors (Lipinski definition) is 1. The first-order valence-corrected chi connectivity index (χ1v) is 5.87. The lowest BCUT2D eigenvalue weighted by Gasteiger charge is -2.32. The lowest BCUT2D eigenvalue weighted by molar-refractivity contribution is 0.0124. The van der Waals surface area contributed by atoms with Gasteiger partial charge in [0, 0.05) is 19.7 Å². The van der Waals surface area contributed by atoms with E-state index in [1.54, 1.807) is 0 Å². The van der Waals surface area contributed by atoms with Crippen LogP contribution in [0.1, 0.15) is 26.7 Å². The molecule has 84 valence electrons. The first kappa shape index (κ1) is 12.0. The Bertz CT molecular complexity index is 127. The Hall–Kier alpha value is -0.120. The topological polar surface area (TPSA) is 24.5 Å². The van der Waals surface area contributed by atoms with Gasteiger partial charge in [-0.1, -0.05) is 6.92 Å². The molecule has 3 heteroatoms. The Morgan fingerprint density at radius 1 is 1.43 bits per heavy atom. The third-order valence-electron chi connectivity index (χ3n) is 2.76. The molecule has 0 aromatic carbocycles. The molecule has 1 atom stereocenters. The summed E-state index contributed by atoms with van der Waals surface area (Å²) in [6.45, 7) is 10.5. The standard InChI is InChI=1S/C11H24N2O/c1-3-12-8-11-6-5-7-13(9-11)10-14-4-2/h11-12H,3-10H2,1-2H3. The number of nitrogens with one attached hydrogen (secondary N) is 1. The Morgan fingerprint density at radius 2 is 2.29 bits per heavy atom. The Balaban J connectivity index is 2.14. The van der Waals surface area contributed by atoms with Crippen molar-refractivity contribution in [2.24, 2.45) is 5.92 Å². The van der Waals surface area contributed by atoms with Gasteiger partial charge in [0.1, 0.15) is 0 Å². The average molecular weight is 200 g/mol. The molecule has 1 fully saturated rings. The molecule has 0 bridgehead atoms. The van der Waals surface area contributed by atoms with Gasteiger partial charge < -0.3 is 10.1 Å². The maximum atomic E-state index is 5.43. The van der Waals surface area contributed by atoms with Gasteiger partial charge in [0.2, 0.25) is 0 Å². The van der Waals surface area contributed by atoms with Crippen LogP contribution in [0.4, 0.5) is 0 Å². The second-order valence-corrected chi connectivity index (χ2v) is 4.01. The predicted molar refractivity (Wildman–Crippen MR) is 59.3 cm³/mol. The van der Waals surface area contributed by atoms with E-state index in [0.717, 1.165) is 25.8 Å². The van der Waals surface area contributed by atoms with Crippen molar-refractivity contribution in [3.05, 3.63) is 0 Å². The molecule has 0 aromatic heterocycles. The zero-order valence-corrected chi connectivity index (χ0v) is 9.59. The Labute approximate surface area is 87.8 Å². The molecule has 0 spiro atoms. The molecule has 0 radical (unpaired) electrons. The monoisotopic (exact) mass is 200 g/mol. The summed E-state index contributed by atoms with van der Waals surface area (Å²) in [5, 5.41) is 3.43. The lowest BCUT2D eigenvalue weighted by Crippen LogP contribution is -2.40. The Morgan fingerprint density at radius 3 is 3.00 bits per heavy atom. The normalized spacial score (nSPS) is 24.0. The molecule has 1 unspecified atom stereocenters. The van der Waals surface area contributed by atoms with Crippen LogP contribution in [0.3, 0.4) is 0 Å². The summed E-state index contributed by atoms with van der Waals surface area (Å²) in [7, 11) is 0. The first-order valence-electron chi connectivity index (χ1n) is 5.87. The molecular formula is C11H24N2O. The highest BCUT2D eigenvalue weighted by molar-refractivity contribution is 4.72. The van der Waals surface area contributed by atoms with Crippen molar-refractivity contribution in [2.45, 2.75) is 26.7 Å². The zero-order chi connectivity index (χ0) is 10.2. The molecule has 1 N–H and O–H groups in total. The van der Waals surface area contributed by atoms with Gasteiger partial charge >= 0.3 is 0 Å². The maximum absolute atomic E-state index is 5.43. The second-order valence-electron chi connectivity index (χ2n) is 4.01. The van der Waals surface area contributed by atoms with Crippen LogP contribution in [0.5, 0.6) is 0 Å². The van der Waals surface area contributed by atoms with Crippen LogP contribution in [0, 0.1) is 5.92 Å². The summed E-state index contributed by atoms with van der Waals surface area (Å²) in [6.07, 6.45) is 2.69. The second kappa shape index (κ2) is 7.21. The van der Waals surface area contributed by atoms with Crippen molar-refractivity contribution in [2.75, 3.05) is 39.5 Å². The molecule has 1 saturated heterocycles. The number of nitrogens with zero attached hydrogens (tertiary/aromatic N) is 1. The quantitative estimate of drug-likeness (QED) is 0.699.